The van der Waals surface area contributed by atoms with Gasteiger partial charge in [0.05, 0.1) is 13.7 Å². The molecule has 0 saturated heterocycles. The monoisotopic (exact) mass is 281 g/mol. The molecule has 1 heterocycles. The number of benzene rings is 1. The van der Waals surface area contributed by atoms with Crippen molar-refractivity contribution < 1.29 is 22.7 Å². The standard InChI is InChI=1S/C14H13F2NO3/c1-19-14(18)13-5-3-11(20-13)8-17-7-9-6-10(15)2-4-12(9)16/h2-6,17H,7-8H2,1H3. The number of halogens is 2. The lowest BCUT2D eigenvalue weighted by Gasteiger charge is -2.04. The Kier molecular flexibility index (Phi) is 4.47. The Morgan fingerprint density at radius 3 is 2.80 bits per heavy atom. The van der Waals surface area contributed by atoms with Crippen molar-refractivity contribution in [2.24, 2.45) is 0 Å². The van der Waals surface area contributed by atoms with E-state index in [-0.39, 0.29) is 24.4 Å². The first-order chi connectivity index (χ1) is 9.60. The number of nitrogens with one attached hydrogen (secondary N) is 1. The number of furan rings is 1. The van der Waals surface area contributed by atoms with E-state index < -0.39 is 17.6 Å². The quantitative estimate of drug-likeness (QED) is 0.856. The molecule has 0 fully saturated rings. The van der Waals surface area contributed by atoms with E-state index in [1.165, 1.54) is 13.2 Å². The number of carbonyl (C=O) groups excluding carboxylic acids is 1. The second kappa shape index (κ2) is 6.29. The van der Waals surface area contributed by atoms with Crippen molar-refractivity contribution in [3.8, 4) is 0 Å². The highest BCUT2D eigenvalue weighted by Crippen LogP contribution is 2.11. The number of esters is 1. The van der Waals surface area contributed by atoms with E-state index in [1.807, 2.05) is 0 Å². The fourth-order valence-corrected chi connectivity index (χ4v) is 1.68. The smallest absolute Gasteiger partial charge is 0.373 e. The Morgan fingerprint density at radius 1 is 1.25 bits per heavy atom. The molecule has 4 nitrogen and oxygen atoms in total. The number of carbonyl (C=O) groups is 1. The molecule has 0 atom stereocenters. The highest BCUT2D eigenvalue weighted by atomic mass is 19.1. The second-order valence-electron chi connectivity index (χ2n) is 4.10. The summed E-state index contributed by atoms with van der Waals surface area (Å²) in [7, 11) is 1.26. The lowest BCUT2D eigenvalue weighted by atomic mass is 10.2. The van der Waals surface area contributed by atoms with Crippen molar-refractivity contribution in [1.82, 2.24) is 5.32 Å². The average Bonchev–Trinajstić information content (AvgIpc) is 2.90. The maximum atomic E-state index is 13.4. The summed E-state index contributed by atoms with van der Waals surface area (Å²) in [5, 5.41) is 2.90. The molecular weight excluding hydrogens is 268 g/mol. The van der Waals surface area contributed by atoms with Gasteiger partial charge in [0.15, 0.2) is 0 Å². The Bertz CT molecular complexity index is 610. The summed E-state index contributed by atoms with van der Waals surface area (Å²) in [6.45, 7) is 0.435. The van der Waals surface area contributed by atoms with Crippen LogP contribution < -0.4 is 5.32 Å². The number of methoxy groups -OCH3 is 1. The molecule has 1 N–H and O–H groups in total. The topological polar surface area (TPSA) is 51.5 Å². The molecule has 1 aromatic carbocycles. The average molecular weight is 281 g/mol. The van der Waals surface area contributed by atoms with Crippen LogP contribution in [0.1, 0.15) is 21.9 Å². The Labute approximate surface area is 114 Å². The predicted molar refractivity (Wildman–Crippen MR) is 66.9 cm³/mol. The fourth-order valence-electron chi connectivity index (χ4n) is 1.68. The molecule has 106 valence electrons. The van der Waals surface area contributed by atoms with Gasteiger partial charge in [-0.3, -0.25) is 0 Å². The third-order valence-corrected chi connectivity index (χ3v) is 2.67. The zero-order valence-electron chi connectivity index (χ0n) is 10.8. The molecule has 0 saturated carbocycles. The van der Waals surface area contributed by atoms with Crippen LogP contribution in [0.5, 0.6) is 0 Å². The van der Waals surface area contributed by atoms with Gasteiger partial charge in [0.25, 0.3) is 0 Å². The molecule has 0 aliphatic rings. The molecular formula is C14H13F2NO3. The van der Waals surface area contributed by atoms with E-state index in [1.54, 1.807) is 6.07 Å². The summed E-state index contributed by atoms with van der Waals surface area (Å²) in [6, 6.07) is 6.37. The van der Waals surface area contributed by atoms with Crippen molar-refractivity contribution in [3.05, 3.63) is 59.1 Å². The molecule has 0 aliphatic carbocycles. The van der Waals surface area contributed by atoms with Gasteiger partial charge in [0, 0.05) is 12.1 Å². The second-order valence-corrected chi connectivity index (χ2v) is 4.10. The Morgan fingerprint density at radius 2 is 2.05 bits per heavy atom. The molecule has 0 radical (unpaired) electrons. The first kappa shape index (κ1) is 14.2. The van der Waals surface area contributed by atoms with Gasteiger partial charge in [-0.2, -0.15) is 0 Å². The fraction of sp³-hybridized carbons (Fsp3) is 0.214. The number of hydrogen-bond donors (Lipinski definition) is 1. The summed E-state index contributed by atoms with van der Waals surface area (Å²) in [6.07, 6.45) is 0. The minimum Gasteiger partial charge on any atom is -0.463 e. The minimum atomic E-state index is -0.563. The van der Waals surface area contributed by atoms with Crippen molar-refractivity contribution in [2.45, 2.75) is 13.1 Å². The molecule has 1 aromatic heterocycles. The van der Waals surface area contributed by atoms with Crippen LogP contribution in [0.2, 0.25) is 0 Å². The van der Waals surface area contributed by atoms with E-state index in [2.05, 4.69) is 10.1 Å². The van der Waals surface area contributed by atoms with Gasteiger partial charge in [0.1, 0.15) is 17.4 Å². The molecule has 20 heavy (non-hydrogen) atoms. The molecule has 0 spiro atoms. The first-order valence-corrected chi connectivity index (χ1v) is 5.92. The highest BCUT2D eigenvalue weighted by Gasteiger charge is 2.11. The molecule has 0 unspecified atom stereocenters. The summed E-state index contributed by atoms with van der Waals surface area (Å²) < 4.78 is 36.1. The number of rotatable bonds is 5. The van der Waals surface area contributed by atoms with Crippen molar-refractivity contribution in [1.29, 1.82) is 0 Å². The Hall–Kier alpha value is -2.21. The molecule has 2 rings (SSSR count). The molecule has 0 aliphatic heterocycles. The Balaban J connectivity index is 1.91. The van der Waals surface area contributed by atoms with Crippen molar-refractivity contribution in [3.63, 3.8) is 0 Å². The van der Waals surface area contributed by atoms with E-state index in [4.69, 9.17) is 4.42 Å². The third kappa shape index (κ3) is 3.42. The number of hydrogen-bond acceptors (Lipinski definition) is 4. The van der Waals surface area contributed by atoms with Gasteiger partial charge in [-0.1, -0.05) is 0 Å². The first-order valence-electron chi connectivity index (χ1n) is 5.92. The van der Waals surface area contributed by atoms with Crippen LogP contribution in [0.3, 0.4) is 0 Å². The van der Waals surface area contributed by atoms with Gasteiger partial charge in [-0.15, -0.1) is 0 Å². The number of ether oxygens (including phenoxy) is 1. The minimum absolute atomic E-state index is 0.0984. The largest absolute Gasteiger partial charge is 0.463 e. The zero-order valence-corrected chi connectivity index (χ0v) is 10.8. The van der Waals surface area contributed by atoms with Crippen LogP contribution in [0.25, 0.3) is 0 Å². The van der Waals surface area contributed by atoms with Crippen LogP contribution in [-0.2, 0) is 17.8 Å². The normalized spacial score (nSPS) is 10.6. The van der Waals surface area contributed by atoms with E-state index in [0.717, 1.165) is 18.2 Å². The zero-order chi connectivity index (χ0) is 14.5. The third-order valence-electron chi connectivity index (χ3n) is 2.67. The SMILES string of the molecule is COC(=O)c1ccc(CNCc2cc(F)ccc2F)o1. The highest BCUT2D eigenvalue weighted by molar-refractivity contribution is 5.86. The predicted octanol–water partition coefficient (Wildman–Crippen LogP) is 2.63. The van der Waals surface area contributed by atoms with Crippen LogP contribution in [0.15, 0.2) is 34.7 Å². The molecule has 0 bridgehead atoms. The van der Waals surface area contributed by atoms with E-state index in [9.17, 15) is 13.6 Å². The van der Waals surface area contributed by atoms with E-state index in [0.29, 0.717) is 5.76 Å². The van der Waals surface area contributed by atoms with Crippen molar-refractivity contribution in [2.75, 3.05) is 7.11 Å². The van der Waals surface area contributed by atoms with Gasteiger partial charge < -0.3 is 14.5 Å². The lowest BCUT2D eigenvalue weighted by Crippen LogP contribution is -2.13. The van der Waals surface area contributed by atoms with Gasteiger partial charge in [-0.25, -0.2) is 13.6 Å². The van der Waals surface area contributed by atoms with Gasteiger partial charge in [-0.05, 0) is 30.3 Å². The van der Waals surface area contributed by atoms with Gasteiger partial charge in [0.2, 0.25) is 5.76 Å². The molecule has 6 heteroatoms. The molecule has 0 amide bonds. The maximum absolute atomic E-state index is 13.4. The maximum Gasteiger partial charge on any atom is 0.373 e. The molecule has 2 aromatic rings. The van der Waals surface area contributed by atoms with Crippen LogP contribution in [0, 0.1) is 11.6 Å². The van der Waals surface area contributed by atoms with Crippen LogP contribution in [0.4, 0.5) is 8.78 Å². The van der Waals surface area contributed by atoms with Crippen LogP contribution >= 0.6 is 0 Å². The van der Waals surface area contributed by atoms with E-state index >= 15 is 0 Å². The summed E-state index contributed by atoms with van der Waals surface area (Å²) in [5.41, 5.74) is 0.227. The lowest BCUT2D eigenvalue weighted by molar-refractivity contribution is 0.0563. The summed E-state index contributed by atoms with van der Waals surface area (Å²) in [4.78, 5) is 11.2. The summed E-state index contributed by atoms with van der Waals surface area (Å²) >= 11 is 0. The summed E-state index contributed by atoms with van der Waals surface area (Å²) in [5.74, 6) is -0.932. The van der Waals surface area contributed by atoms with Gasteiger partial charge >= 0.3 is 5.97 Å². The van der Waals surface area contributed by atoms with Crippen LogP contribution in [-0.4, -0.2) is 13.1 Å². The van der Waals surface area contributed by atoms with Crippen molar-refractivity contribution >= 4 is 5.97 Å².